The molecule has 0 fully saturated rings. The molecule has 0 aliphatic carbocycles. The van der Waals surface area contributed by atoms with Crippen LogP contribution in [0.5, 0.6) is 0 Å². The molecule has 1 amide bonds. The van der Waals surface area contributed by atoms with Crippen molar-refractivity contribution < 1.29 is 22.7 Å². The van der Waals surface area contributed by atoms with Gasteiger partial charge in [0.25, 0.3) is 0 Å². The lowest BCUT2D eigenvalue weighted by Crippen LogP contribution is -2.18. The highest BCUT2D eigenvalue weighted by molar-refractivity contribution is 7.99. The summed E-state index contributed by atoms with van der Waals surface area (Å²) in [6.07, 6.45) is -4.54. The summed E-state index contributed by atoms with van der Waals surface area (Å²) in [4.78, 5) is 16.8. The van der Waals surface area contributed by atoms with Gasteiger partial charge in [0.1, 0.15) is 0 Å². The number of aromatic nitrogens is 2. The minimum absolute atomic E-state index is 0.0670. The normalized spacial score (nSPS) is 11.7. The van der Waals surface area contributed by atoms with Crippen molar-refractivity contribution >= 4 is 34.4 Å². The first-order valence-electron chi connectivity index (χ1n) is 8.43. The van der Waals surface area contributed by atoms with E-state index in [2.05, 4.69) is 10.3 Å². The first-order valence-corrected chi connectivity index (χ1v) is 9.42. The lowest BCUT2D eigenvalue weighted by atomic mass is 10.1. The van der Waals surface area contributed by atoms with Crippen LogP contribution in [0.2, 0.25) is 0 Å². The molecule has 2 aromatic carbocycles. The van der Waals surface area contributed by atoms with E-state index in [-0.39, 0.29) is 11.4 Å². The summed E-state index contributed by atoms with van der Waals surface area (Å²) < 4.78 is 46.2. The van der Waals surface area contributed by atoms with Gasteiger partial charge in [0.2, 0.25) is 5.91 Å². The van der Waals surface area contributed by atoms with Gasteiger partial charge < -0.3 is 14.6 Å². The molecule has 3 rings (SSSR count). The summed E-state index contributed by atoms with van der Waals surface area (Å²) in [5.74, 6) is -0.602. The maximum absolute atomic E-state index is 13.1. The van der Waals surface area contributed by atoms with Crippen LogP contribution in [-0.4, -0.2) is 34.9 Å². The van der Waals surface area contributed by atoms with Crippen molar-refractivity contribution in [2.24, 2.45) is 0 Å². The van der Waals surface area contributed by atoms with Gasteiger partial charge in [-0.1, -0.05) is 36.0 Å². The molecule has 0 radical (unpaired) electrons. The highest BCUT2D eigenvalue weighted by Gasteiger charge is 2.33. The third-order valence-corrected chi connectivity index (χ3v) is 4.95. The Hall–Kier alpha value is -2.52. The maximum Gasteiger partial charge on any atom is 0.418 e. The van der Waals surface area contributed by atoms with Crippen LogP contribution >= 0.6 is 11.8 Å². The molecule has 1 heterocycles. The number of amides is 1. The Morgan fingerprint density at radius 3 is 2.64 bits per heavy atom. The number of benzene rings is 2. The summed E-state index contributed by atoms with van der Waals surface area (Å²) >= 11 is 1.17. The van der Waals surface area contributed by atoms with Crippen LogP contribution in [0.4, 0.5) is 18.9 Å². The Morgan fingerprint density at radius 2 is 1.89 bits per heavy atom. The third-order valence-electron chi connectivity index (χ3n) is 3.98. The van der Waals surface area contributed by atoms with E-state index in [1.165, 1.54) is 30.0 Å². The number of methoxy groups -OCH3 is 1. The predicted octanol–water partition coefficient (Wildman–Crippen LogP) is 4.43. The summed E-state index contributed by atoms with van der Waals surface area (Å²) in [5, 5.41) is 2.95. The van der Waals surface area contributed by atoms with Crippen LogP contribution in [0.3, 0.4) is 0 Å². The van der Waals surface area contributed by atoms with Gasteiger partial charge >= 0.3 is 6.18 Å². The maximum atomic E-state index is 13.1. The smallest absolute Gasteiger partial charge is 0.383 e. The number of carbonyl (C=O) groups excluding carboxylic acids is 1. The van der Waals surface area contributed by atoms with Gasteiger partial charge in [0, 0.05) is 13.7 Å². The number of imidazole rings is 1. The predicted molar refractivity (Wildman–Crippen MR) is 102 cm³/mol. The van der Waals surface area contributed by atoms with Crippen molar-refractivity contribution in [1.29, 1.82) is 0 Å². The van der Waals surface area contributed by atoms with E-state index < -0.39 is 17.6 Å². The fourth-order valence-corrected chi connectivity index (χ4v) is 3.56. The zero-order chi connectivity index (χ0) is 20.1. The van der Waals surface area contributed by atoms with Crippen molar-refractivity contribution in [3.05, 3.63) is 54.1 Å². The number of rotatable bonds is 7. The van der Waals surface area contributed by atoms with Gasteiger partial charge in [-0.2, -0.15) is 13.2 Å². The number of carbonyl (C=O) groups is 1. The van der Waals surface area contributed by atoms with Crippen molar-refractivity contribution in [3.63, 3.8) is 0 Å². The molecular weight excluding hydrogens is 391 g/mol. The molecule has 5 nitrogen and oxygen atoms in total. The van der Waals surface area contributed by atoms with Crippen LogP contribution in [0, 0.1) is 0 Å². The van der Waals surface area contributed by atoms with E-state index in [1.807, 2.05) is 28.8 Å². The van der Waals surface area contributed by atoms with Gasteiger partial charge in [-0.15, -0.1) is 0 Å². The SMILES string of the molecule is COCCn1c(SCC(=O)Nc2ccccc2C(F)(F)F)nc2ccccc21. The number of nitrogens with one attached hydrogen (secondary N) is 1. The molecule has 0 bridgehead atoms. The molecule has 0 atom stereocenters. The van der Waals surface area contributed by atoms with Crippen LogP contribution < -0.4 is 5.32 Å². The fourth-order valence-electron chi connectivity index (χ4n) is 2.72. The third kappa shape index (κ3) is 4.66. The molecule has 1 aromatic heterocycles. The molecule has 0 unspecified atom stereocenters. The van der Waals surface area contributed by atoms with Gasteiger partial charge in [0.05, 0.1) is 34.6 Å². The Morgan fingerprint density at radius 1 is 1.18 bits per heavy atom. The van der Waals surface area contributed by atoms with E-state index in [9.17, 15) is 18.0 Å². The van der Waals surface area contributed by atoms with Crippen molar-refractivity contribution in [3.8, 4) is 0 Å². The highest BCUT2D eigenvalue weighted by atomic mass is 32.2. The number of thioether (sulfide) groups is 1. The molecule has 1 N–H and O–H groups in total. The number of ether oxygens (including phenoxy) is 1. The quantitative estimate of drug-likeness (QED) is 0.587. The minimum Gasteiger partial charge on any atom is -0.383 e. The molecule has 28 heavy (non-hydrogen) atoms. The Labute approximate surface area is 163 Å². The molecule has 0 spiro atoms. The van der Waals surface area contributed by atoms with Gasteiger partial charge in [-0.05, 0) is 24.3 Å². The van der Waals surface area contributed by atoms with Gasteiger partial charge in [0.15, 0.2) is 5.16 Å². The molecule has 0 aliphatic heterocycles. The first kappa shape index (κ1) is 20.2. The van der Waals surface area contributed by atoms with Gasteiger partial charge in [-0.25, -0.2) is 4.98 Å². The second kappa shape index (κ2) is 8.66. The lowest BCUT2D eigenvalue weighted by Gasteiger charge is -2.13. The molecule has 9 heteroatoms. The van der Waals surface area contributed by atoms with Crippen LogP contribution in [0.25, 0.3) is 11.0 Å². The number of halogens is 3. The fraction of sp³-hybridized carbons (Fsp3) is 0.263. The Kier molecular flexibility index (Phi) is 6.25. The monoisotopic (exact) mass is 409 g/mol. The average Bonchev–Trinajstić information content (AvgIpc) is 3.02. The second-order valence-electron chi connectivity index (χ2n) is 5.91. The zero-order valence-corrected chi connectivity index (χ0v) is 15.8. The largest absolute Gasteiger partial charge is 0.418 e. The van der Waals surface area contributed by atoms with Crippen LogP contribution in [-0.2, 0) is 22.3 Å². The number of fused-ring (bicyclic) bond motifs is 1. The lowest BCUT2D eigenvalue weighted by molar-refractivity contribution is -0.137. The number of alkyl halides is 3. The number of nitrogens with zero attached hydrogens (tertiary/aromatic N) is 2. The van der Waals surface area contributed by atoms with E-state index in [4.69, 9.17) is 4.74 Å². The Bertz CT molecular complexity index is 972. The average molecular weight is 409 g/mol. The second-order valence-corrected chi connectivity index (χ2v) is 6.85. The van der Waals surface area contributed by atoms with E-state index in [0.717, 1.165) is 17.1 Å². The highest BCUT2D eigenvalue weighted by Crippen LogP contribution is 2.34. The topological polar surface area (TPSA) is 56.1 Å². The Balaban J connectivity index is 1.73. The zero-order valence-electron chi connectivity index (χ0n) is 15.0. The molecule has 3 aromatic rings. The number of para-hydroxylation sites is 3. The summed E-state index contributed by atoms with van der Waals surface area (Å²) in [6, 6.07) is 12.4. The number of hydrogen-bond acceptors (Lipinski definition) is 4. The van der Waals surface area contributed by atoms with Crippen molar-refractivity contribution in [2.75, 3.05) is 24.8 Å². The molecule has 0 aliphatic rings. The van der Waals surface area contributed by atoms with E-state index >= 15 is 0 Å². The number of anilines is 1. The minimum atomic E-state index is -4.54. The van der Waals surface area contributed by atoms with E-state index in [1.54, 1.807) is 7.11 Å². The van der Waals surface area contributed by atoms with Crippen molar-refractivity contribution in [1.82, 2.24) is 9.55 Å². The molecule has 0 saturated carbocycles. The molecule has 0 saturated heterocycles. The van der Waals surface area contributed by atoms with Crippen LogP contribution in [0.1, 0.15) is 5.56 Å². The summed E-state index contributed by atoms with van der Waals surface area (Å²) in [7, 11) is 1.59. The standard InChI is InChI=1S/C19H18F3N3O2S/c1-27-11-10-25-16-9-5-4-8-15(16)24-18(25)28-12-17(26)23-14-7-3-2-6-13(14)19(20,21)22/h2-9H,10-12H2,1H3,(H,23,26). The molecule has 148 valence electrons. The molecular formula is C19H18F3N3O2S. The first-order chi connectivity index (χ1) is 13.4. The van der Waals surface area contributed by atoms with Crippen LogP contribution in [0.15, 0.2) is 53.7 Å². The summed E-state index contributed by atoms with van der Waals surface area (Å²) in [6.45, 7) is 1.02. The van der Waals surface area contributed by atoms with E-state index in [0.29, 0.717) is 18.3 Å². The van der Waals surface area contributed by atoms with Gasteiger partial charge in [-0.3, -0.25) is 4.79 Å². The summed E-state index contributed by atoms with van der Waals surface area (Å²) in [5.41, 5.74) is 0.558. The number of hydrogen-bond donors (Lipinski definition) is 1. The van der Waals surface area contributed by atoms with Crippen molar-refractivity contribution in [2.45, 2.75) is 17.9 Å².